The molecule has 0 bridgehead atoms. The van der Waals surface area contributed by atoms with E-state index >= 15 is 0 Å². The van der Waals surface area contributed by atoms with Crippen molar-refractivity contribution >= 4 is 20.0 Å². The summed E-state index contributed by atoms with van der Waals surface area (Å²) in [6.45, 7) is 1.53. The molecule has 0 aliphatic carbocycles. The molecule has 0 aliphatic rings. The second-order valence-electron chi connectivity index (χ2n) is 7.45. The Labute approximate surface area is 191 Å². The molecule has 0 heterocycles. The number of alkyl halides is 3. The molecule has 0 aliphatic heterocycles. The van der Waals surface area contributed by atoms with Crippen molar-refractivity contribution in [2.45, 2.75) is 61.4 Å². The van der Waals surface area contributed by atoms with Crippen molar-refractivity contribution in [3.63, 3.8) is 0 Å². The Morgan fingerprint density at radius 3 is 1.94 bits per heavy atom. The molecule has 0 radical (unpaired) electrons. The van der Waals surface area contributed by atoms with E-state index in [-0.39, 0.29) is 10.1 Å². The predicted octanol–water partition coefficient (Wildman–Crippen LogP) is 4.86. The van der Waals surface area contributed by atoms with Crippen LogP contribution in [-0.4, -0.2) is 37.3 Å². The lowest BCUT2D eigenvalue weighted by Gasteiger charge is -2.23. The minimum absolute atomic E-state index is 0.154. The first-order valence-corrected chi connectivity index (χ1v) is 13.2. The SMILES string of the molecule is CCCCCCCCN(S(=O)(=O)c1cccc(C(F)(F)F)c1)S(=O)(=O)c1ccc(O)c(O)c1. The van der Waals surface area contributed by atoms with Crippen molar-refractivity contribution in [1.82, 2.24) is 3.71 Å². The number of halogens is 3. The smallest absolute Gasteiger partial charge is 0.416 e. The van der Waals surface area contributed by atoms with Crippen LogP contribution in [0.25, 0.3) is 0 Å². The topological polar surface area (TPSA) is 112 Å². The van der Waals surface area contributed by atoms with Gasteiger partial charge >= 0.3 is 6.18 Å². The molecule has 0 unspecified atom stereocenters. The number of benzene rings is 2. The number of rotatable bonds is 11. The van der Waals surface area contributed by atoms with Gasteiger partial charge in [-0.25, -0.2) is 16.8 Å². The molecule has 2 N–H and O–H groups in total. The highest BCUT2D eigenvalue weighted by Crippen LogP contribution is 2.34. The van der Waals surface area contributed by atoms with E-state index in [9.17, 15) is 40.2 Å². The molecule has 7 nitrogen and oxygen atoms in total. The van der Waals surface area contributed by atoms with Crippen LogP contribution in [0.4, 0.5) is 13.2 Å². The molecule has 12 heteroatoms. The highest BCUT2D eigenvalue weighted by Gasteiger charge is 2.38. The van der Waals surface area contributed by atoms with Crippen LogP contribution in [0, 0.1) is 0 Å². The maximum atomic E-state index is 13.2. The highest BCUT2D eigenvalue weighted by molar-refractivity contribution is 8.04. The standard InChI is InChI=1S/C21H26F3NO6S2/c1-2-3-4-5-6-7-13-25(33(30,31)18-11-12-19(26)20(27)15-18)32(28,29)17-10-8-9-16(14-17)21(22,23)24/h8-12,14-15,26-27H,2-7,13H2,1H3. The molecular formula is C21H26F3NO6S2. The lowest BCUT2D eigenvalue weighted by Crippen LogP contribution is -2.37. The van der Waals surface area contributed by atoms with E-state index in [0.717, 1.165) is 49.9 Å². The first-order chi connectivity index (χ1) is 15.3. The van der Waals surface area contributed by atoms with Crippen molar-refractivity contribution in [2.24, 2.45) is 0 Å². The van der Waals surface area contributed by atoms with Crippen LogP contribution in [0.1, 0.15) is 51.0 Å². The Bertz CT molecular complexity index is 1160. The van der Waals surface area contributed by atoms with Crippen molar-refractivity contribution in [1.29, 1.82) is 0 Å². The van der Waals surface area contributed by atoms with Crippen molar-refractivity contribution < 1.29 is 40.2 Å². The Balaban J connectivity index is 2.48. The van der Waals surface area contributed by atoms with Gasteiger partial charge in [0.05, 0.1) is 15.4 Å². The van der Waals surface area contributed by atoms with E-state index in [1.54, 1.807) is 0 Å². The number of phenols is 2. The van der Waals surface area contributed by atoms with Crippen LogP contribution in [0.15, 0.2) is 52.3 Å². The third-order valence-electron chi connectivity index (χ3n) is 4.93. The van der Waals surface area contributed by atoms with Gasteiger partial charge in [-0.05, 0) is 36.8 Å². The van der Waals surface area contributed by atoms with Gasteiger partial charge in [0.2, 0.25) is 0 Å². The maximum Gasteiger partial charge on any atom is 0.416 e. The molecule has 0 saturated carbocycles. The molecule has 33 heavy (non-hydrogen) atoms. The Morgan fingerprint density at radius 2 is 1.36 bits per heavy atom. The molecule has 0 fully saturated rings. The van der Waals surface area contributed by atoms with E-state index < -0.39 is 59.6 Å². The number of unbranched alkanes of at least 4 members (excludes halogenated alkanes) is 5. The molecule has 2 aromatic carbocycles. The zero-order valence-electron chi connectivity index (χ0n) is 17.9. The fourth-order valence-corrected chi connectivity index (χ4v) is 6.91. The second kappa shape index (κ2) is 10.7. The molecule has 0 saturated heterocycles. The van der Waals surface area contributed by atoms with Gasteiger partial charge in [0.25, 0.3) is 20.0 Å². The van der Waals surface area contributed by atoms with Gasteiger partial charge < -0.3 is 10.2 Å². The summed E-state index contributed by atoms with van der Waals surface area (Å²) >= 11 is 0. The Morgan fingerprint density at radius 1 is 0.788 bits per heavy atom. The van der Waals surface area contributed by atoms with Crippen molar-refractivity contribution in [3.05, 3.63) is 48.0 Å². The fourth-order valence-electron chi connectivity index (χ4n) is 3.12. The minimum atomic E-state index is -4.91. The minimum Gasteiger partial charge on any atom is -0.504 e. The van der Waals surface area contributed by atoms with Crippen molar-refractivity contribution in [3.8, 4) is 11.5 Å². The molecular weight excluding hydrogens is 483 g/mol. The molecule has 0 amide bonds. The molecule has 0 atom stereocenters. The zero-order chi connectivity index (χ0) is 24.9. The summed E-state index contributed by atoms with van der Waals surface area (Å²) < 4.78 is 92.3. The largest absolute Gasteiger partial charge is 0.504 e. The van der Waals surface area contributed by atoms with Gasteiger partial charge in [-0.2, -0.15) is 13.2 Å². The summed E-state index contributed by atoms with van der Waals surface area (Å²) in [5.41, 5.74) is -1.23. The quantitative estimate of drug-likeness (QED) is 0.331. The van der Waals surface area contributed by atoms with Crippen LogP contribution < -0.4 is 0 Å². The lowest BCUT2D eigenvalue weighted by atomic mass is 10.1. The van der Waals surface area contributed by atoms with Crippen LogP contribution in [0.2, 0.25) is 0 Å². The first-order valence-electron chi connectivity index (χ1n) is 10.3. The van der Waals surface area contributed by atoms with E-state index in [2.05, 4.69) is 0 Å². The van der Waals surface area contributed by atoms with Crippen LogP contribution in [0.3, 0.4) is 0 Å². The van der Waals surface area contributed by atoms with E-state index in [1.165, 1.54) is 0 Å². The van der Waals surface area contributed by atoms with Crippen molar-refractivity contribution in [2.75, 3.05) is 6.54 Å². The number of phenolic OH excluding ortho intramolecular Hbond substituents is 2. The Kier molecular flexibility index (Phi) is 8.77. The van der Waals surface area contributed by atoms with E-state index in [1.807, 2.05) is 6.92 Å². The zero-order valence-corrected chi connectivity index (χ0v) is 19.5. The summed E-state index contributed by atoms with van der Waals surface area (Å²) in [5.74, 6) is -1.40. The highest BCUT2D eigenvalue weighted by atomic mass is 32.3. The summed E-state index contributed by atoms with van der Waals surface area (Å²) in [6, 6.07) is 5.31. The monoisotopic (exact) mass is 509 g/mol. The fraction of sp³-hybridized carbons (Fsp3) is 0.429. The molecule has 0 spiro atoms. The summed E-state index contributed by atoms with van der Waals surface area (Å²) in [6.07, 6.45) is -0.569. The second-order valence-corrected chi connectivity index (χ2v) is 11.4. The third kappa shape index (κ3) is 6.61. The van der Waals surface area contributed by atoms with E-state index in [4.69, 9.17) is 0 Å². The van der Waals surface area contributed by atoms with Crippen LogP contribution in [-0.2, 0) is 26.2 Å². The molecule has 0 aromatic heterocycles. The number of nitrogens with zero attached hydrogens (tertiary/aromatic N) is 1. The first kappa shape index (κ1) is 26.9. The van der Waals surface area contributed by atoms with Gasteiger partial charge in [-0.15, -0.1) is 0 Å². The summed E-state index contributed by atoms with van der Waals surface area (Å²) in [5, 5.41) is 19.1. The molecule has 2 aromatic rings. The number of sulfonamides is 2. The van der Waals surface area contributed by atoms with Gasteiger partial charge in [0.1, 0.15) is 0 Å². The number of hydrogen-bond acceptors (Lipinski definition) is 6. The summed E-state index contributed by atoms with van der Waals surface area (Å²) in [4.78, 5) is -1.45. The van der Waals surface area contributed by atoms with Crippen LogP contribution in [0.5, 0.6) is 11.5 Å². The lowest BCUT2D eigenvalue weighted by molar-refractivity contribution is -0.137. The number of hydrogen-bond donors (Lipinski definition) is 2. The third-order valence-corrected chi connectivity index (χ3v) is 9.25. The van der Waals surface area contributed by atoms with Gasteiger partial charge in [-0.1, -0.05) is 48.8 Å². The maximum absolute atomic E-state index is 13.2. The van der Waals surface area contributed by atoms with Gasteiger partial charge in [0.15, 0.2) is 11.5 Å². The van der Waals surface area contributed by atoms with Gasteiger partial charge in [0, 0.05) is 12.6 Å². The molecule has 184 valence electrons. The molecule has 2 rings (SSSR count). The van der Waals surface area contributed by atoms with Gasteiger partial charge in [-0.3, -0.25) is 0 Å². The van der Waals surface area contributed by atoms with E-state index in [0.29, 0.717) is 24.6 Å². The predicted molar refractivity (Wildman–Crippen MR) is 116 cm³/mol. The average molecular weight is 510 g/mol. The van der Waals surface area contributed by atoms with Crippen LogP contribution >= 0.6 is 0 Å². The normalized spacial score (nSPS) is 12.9. The Hall–Kier alpha value is -2.31. The number of aromatic hydroxyl groups is 2. The summed E-state index contributed by atoms with van der Waals surface area (Å²) in [7, 11) is -9.71. The average Bonchev–Trinajstić information content (AvgIpc) is 2.74.